The maximum absolute atomic E-state index is 13.9. The van der Waals surface area contributed by atoms with Crippen molar-refractivity contribution in [3.05, 3.63) is 40.9 Å². The van der Waals surface area contributed by atoms with E-state index in [4.69, 9.17) is 11.6 Å². The van der Waals surface area contributed by atoms with Gasteiger partial charge in [-0.1, -0.05) is 29.5 Å². The van der Waals surface area contributed by atoms with E-state index in [1.807, 2.05) is 0 Å². The highest BCUT2D eigenvalue weighted by Gasteiger charge is 3.06. The summed E-state index contributed by atoms with van der Waals surface area (Å²) in [6.07, 6.45) is -8.31. The van der Waals surface area contributed by atoms with Crippen LogP contribution in [-0.4, -0.2) is 35.6 Å². The minimum absolute atomic E-state index is 0.0483. The number of hydrogen-bond acceptors (Lipinski definition) is 2. The first kappa shape index (κ1) is 23.2. The molecule has 29 heavy (non-hydrogen) atoms. The van der Waals surface area contributed by atoms with Crippen molar-refractivity contribution < 1.29 is 58.2 Å². The van der Waals surface area contributed by atoms with Gasteiger partial charge in [0, 0.05) is 5.02 Å². The van der Waals surface area contributed by atoms with Crippen LogP contribution in [0, 0.1) is 5.41 Å². The molecule has 1 saturated carbocycles. The van der Waals surface area contributed by atoms with Gasteiger partial charge in [0.15, 0.2) is 5.78 Å². The Morgan fingerprint density at radius 2 is 1.21 bits per heavy atom. The third-order valence-electron chi connectivity index (χ3n) is 4.31. The third-order valence-corrected chi connectivity index (χ3v) is 4.56. The summed E-state index contributed by atoms with van der Waals surface area (Å²) < 4.78 is 149. The molecule has 1 aliphatic rings. The number of halogens is 12. The normalized spacial score (nSPS) is 24.3. The Balaban J connectivity index is 2.82. The van der Waals surface area contributed by atoms with Gasteiger partial charge in [0.25, 0.3) is 5.41 Å². The van der Waals surface area contributed by atoms with Gasteiger partial charge in [-0.25, -0.2) is 0 Å². The van der Waals surface area contributed by atoms with Gasteiger partial charge >= 0.3 is 29.9 Å². The largest absolute Gasteiger partial charge is 0.872 e. The predicted molar refractivity (Wildman–Crippen MR) is 72.7 cm³/mol. The molecule has 0 saturated heterocycles. The van der Waals surface area contributed by atoms with Crippen LogP contribution >= 0.6 is 11.6 Å². The molecule has 2 rings (SSSR count). The standard InChI is InChI=1S/C15H6ClF11O2/c16-7-3-1-6(2-4-7)8(28)5-9(29)10(15(25,26)27)11(17,18)13(21,22)14(23,24)12(10,19)20/h1-5,28H/p-1/b8-5-. The number of alkyl halides is 11. The van der Waals surface area contributed by atoms with E-state index in [0.717, 1.165) is 24.3 Å². The van der Waals surface area contributed by atoms with Crippen LogP contribution in [0.4, 0.5) is 48.3 Å². The van der Waals surface area contributed by atoms with Crippen molar-refractivity contribution in [2.45, 2.75) is 29.9 Å². The summed E-state index contributed by atoms with van der Waals surface area (Å²) in [6, 6.07) is 3.30. The average Bonchev–Trinajstić information content (AvgIpc) is 2.59. The zero-order valence-corrected chi connectivity index (χ0v) is 14.0. The first-order valence-corrected chi connectivity index (χ1v) is 7.45. The molecule has 0 amide bonds. The van der Waals surface area contributed by atoms with E-state index in [9.17, 15) is 58.2 Å². The van der Waals surface area contributed by atoms with Crippen LogP contribution in [0.5, 0.6) is 0 Å². The maximum atomic E-state index is 13.9. The van der Waals surface area contributed by atoms with Crippen molar-refractivity contribution in [2.75, 3.05) is 0 Å². The zero-order valence-electron chi connectivity index (χ0n) is 13.2. The summed E-state index contributed by atoms with van der Waals surface area (Å²) in [4.78, 5) is 11.8. The lowest BCUT2D eigenvalue weighted by Gasteiger charge is -2.37. The molecule has 0 aromatic heterocycles. The molecular formula is C15H5ClF11O2-. The monoisotopic (exact) mass is 461 g/mol. The van der Waals surface area contributed by atoms with Crippen molar-refractivity contribution in [2.24, 2.45) is 5.41 Å². The molecule has 0 atom stereocenters. The second-order valence-electron chi connectivity index (χ2n) is 5.93. The Labute approximate surface area is 158 Å². The Bertz CT molecular complexity index is 830. The Morgan fingerprint density at radius 1 is 0.828 bits per heavy atom. The van der Waals surface area contributed by atoms with Crippen LogP contribution < -0.4 is 5.11 Å². The molecule has 0 N–H and O–H groups in total. The van der Waals surface area contributed by atoms with Crippen LogP contribution in [0.2, 0.25) is 5.02 Å². The van der Waals surface area contributed by atoms with Gasteiger partial charge in [-0.05, 0) is 23.8 Å². The van der Waals surface area contributed by atoms with E-state index in [0.29, 0.717) is 0 Å². The third kappa shape index (κ3) is 2.58. The van der Waals surface area contributed by atoms with Gasteiger partial charge in [0.05, 0.1) is 0 Å². The fourth-order valence-corrected chi connectivity index (χ4v) is 2.92. The van der Waals surface area contributed by atoms with E-state index in [1.54, 1.807) is 0 Å². The van der Waals surface area contributed by atoms with Crippen LogP contribution in [0.3, 0.4) is 0 Å². The maximum Gasteiger partial charge on any atom is 0.414 e. The van der Waals surface area contributed by atoms with Crippen molar-refractivity contribution in [3.8, 4) is 0 Å². The van der Waals surface area contributed by atoms with Gasteiger partial charge in [-0.15, -0.1) is 0 Å². The number of rotatable bonds is 3. The van der Waals surface area contributed by atoms with Crippen molar-refractivity contribution in [1.82, 2.24) is 0 Å². The van der Waals surface area contributed by atoms with E-state index < -0.39 is 58.5 Å². The summed E-state index contributed by atoms with van der Waals surface area (Å²) >= 11 is 5.44. The summed E-state index contributed by atoms with van der Waals surface area (Å²) in [7, 11) is 0. The van der Waals surface area contributed by atoms with E-state index in [2.05, 4.69) is 0 Å². The highest BCUT2D eigenvalue weighted by molar-refractivity contribution is 6.30. The summed E-state index contributed by atoms with van der Waals surface area (Å²) in [5, 5.41) is 11.7. The number of benzene rings is 1. The fraction of sp³-hybridized carbons (Fsp3) is 0.400. The van der Waals surface area contributed by atoms with Crippen LogP contribution in [0.25, 0.3) is 5.76 Å². The van der Waals surface area contributed by atoms with Crippen LogP contribution in [0.15, 0.2) is 30.3 Å². The first-order chi connectivity index (χ1) is 12.8. The van der Waals surface area contributed by atoms with Crippen molar-refractivity contribution in [3.63, 3.8) is 0 Å². The molecule has 1 aliphatic carbocycles. The highest BCUT2D eigenvalue weighted by atomic mass is 35.5. The number of carbonyl (C=O) groups is 1. The molecule has 0 heterocycles. The molecule has 14 heteroatoms. The lowest BCUT2D eigenvalue weighted by Crippen LogP contribution is -2.64. The molecule has 1 aromatic carbocycles. The average molecular weight is 462 g/mol. The molecule has 0 spiro atoms. The van der Waals surface area contributed by atoms with Crippen LogP contribution in [-0.2, 0) is 4.79 Å². The van der Waals surface area contributed by atoms with Crippen LogP contribution in [0.1, 0.15) is 5.56 Å². The lowest BCUT2D eigenvalue weighted by atomic mass is 9.74. The topological polar surface area (TPSA) is 40.1 Å². The molecule has 0 bridgehead atoms. The number of hydrogen-bond donors (Lipinski definition) is 0. The second kappa shape index (κ2) is 6.22. The Hall–Kier alpha value is -2.05. The van der Waals surface area contributed by atoms with Crippen molar-refractivity contribution >= 4 is 23.1 Å². The second-order valence-corrected chi connectivity index (χ2v) is 6.36. The predicted octanol–water partition coefficient (Wildman–Crippen LogP) is 4.71. The molecule has 1 aromatic rings. The summed E-state index contributed by atoms with van der Waals surface area (Å²) in [5.41, 5.74) is -7.65. The molecule has 0 aliphatic heterocycles. The highest BCUT2D eigenvalue weighted by Crippen LogP contribution is 2.75. The molecule has 0 unspecified atom stereocenters. The Morgan fingerprint density at radius 3 is 1.55 bits per heavy atom. The van der Waals surface area contributed by atoms with Gasteiger partial charge < -0.3 is 5.11 Å². The fourth-order valence-electron chi connectivity index (χ4n) is 2.79. The lowest BCUT2D eigenvalue weighted by molar-refractivity contribution is -0.341. The van der Waals surface area contributed by atoms with Gasteiger partial charge in [0.2, 0.25) is 0 Å². The van der Waals surface area contributed by atoms with E-state index in [-0.39, 0.29) is 5.02 Å². The van der Waals surface area contributed by atoms with Gasteiger partial charge in [-0.3, -0.25) is 4.79 Å². The summed E-state index contributed by atoms with van der Waals surface area (Å²) in [5.74, 6) is -34.7. The zero-order chi connectivity index (χ0) is 22.8. The molecule has 1 fully saturated rings. The SMILES string of the molecule is O=C(/C=C(\[O-])c1ccc(Cl)cc1)C1(C(F)(F)F)C(F)(F)C(F)(F)C(F)(F)C1(F)F. The molecular weight excluding hydrogens is 457 g/mol. The van der Waals surface area contributed by atoms with E-state index in [1.165, 1.54) is 0 Å². The minimum atomic E-state index is -7.31. The Kier molecular flexibility index (Phi) is 4.98. The smallest absolute Gasteiger partial charge is 0.414 e. The number of allylic oxidation sites excluding steroid dienone is 1. The minimum Gasteiger partial charge on any atom is -0.872 e. The van der Waals surface area contributed by atoms with Gasteiger partial charge in [-0.2, -0.15) is 48.3 Å². The number of ketones is 1. The summed E-state index contributed by atoms with van der Waals surface area (Å²) in [6.45, 7) is 0. The van der Waals surface area contributed by atoms with Gasteiger partial charge in [0.1, 0.15) is 0 Å². The molecule has 2 nitrogen and oxygen atoms in total. The van der Waals surface area contributed by atoms with Crippen molar-refractivity contribution in [1.29, 1.82) is 0 Å². The van der Waals surface area contributed by atoms with E-state index >= 15 is 0 Å². The molecule has 162 valence electrons. The molecule has 0 radical (unpaired) electrons. The quantitative estimate of drug-likeness (QED) is 0.371. The first-order valence-electron chi connectivity index (χ1n) is 7.07. The number of carbonyl (C=O) groups excluding carboxylic acids is 1.